The van der Waals surface area contributed by atoms with Crippen molar-refractivity contribution in [1.82, 2.24) is 4.90 Å². The van der Waals surface area contributed by atoms with Gasteiger partial charge in [-0.05, 0) is 33.4 Å². The molecule has 16 heavy (non-hydrogen) atoms. The molecule has 2 nitrogen and oxygen atoms in total. The van der Waals surface area contributed by atoms with Crippen molar-refractivity contribution in [2.24, 2.45) is 5.73 Å². The summed E-state index contributed by atoms with van der Waals surface area (Å²) in [6, 6.07) is 0.377. The van der Waals surface area contributed by atoms with Gasteiger partial charge in [0.1, 0.15) is 0 Å². The van der Waals surface area contributed by atoms with Crippen LogP contribution in [0.4, 0.5) is 0 Å². The van der Waals surface area contributed by atoms with E-state index in [0.29, 0.717) is 11.6 Å². The molecular weight excluding hydrogens is 196 g/mol. The van der Waals surface area contributed by atoms with Crippen molar-refractivity contribution in [1.29, 1.82) is 0 Å². The second-order valence-corrected chi connectivity index (χ2v) is 5.66. The van der Waals surface area contributed by atoms with Crippen LogP contribution < -0.4 is 5.73 Å². The molecule has 1 unspecified atom stereocenters. The van der Waals surface area contributed by atoms with Crippen LogP contribution in [0.25, 0.3) is 0 Å². The van der Waals surface area contributed by atoms with Crippen LogP contribution >= 0.6 is 0 Å². The Balaban J connectivity index is 2.39. The summed E-state index contributed by atoms with van der Waals surface area (Å²) in [4.78, 5) is 2.39. The molecule has 0 saturated heterocycles. The van der Waals surface area contributed by atoms with Crippen molar-refractivity contribution in [3.05, 3.63) is 0 Å². The minimum absolute atomic E-state index is 0.312. The standard InChI is InChI=1S/C14H30N2/c1-4-5-6-7-10-13(15)14(16(2)3)11-8-9-12-14/h13H,4-12,15H2,1-3H3. The van der Waals surface area contributed by atoms with Gasteiger partial charge in [0.25, 0.3) is 0 Å². The smallest absolute Gasteiger partial charge is 0.0354 e. The zero-order valence-corrected chi connectivity index (χ0v) is 11.5. The van der Waals surface area contributed by atoms with Crippen LogP contribution in [-0.4, -0.2) is 30.6 Å². The highest BCUT2D eigenvalue weighted by Crippen LogP contribution is 2.37. The highest BCUT2D eigenvalue weighted by Gasteiger charge is 2.40. The normalized spacial score (nSPS) is 21.6. The lowest BCUT2D eigenvalue weighted by Gasteiger charge is -2.41. The number of likely N-dealkylation sites (N-methyl/N-ethyl adjacent to an activating group) is 1. The largest absolute Gasteiger partial charge is 0.326 e. The first-order valence-corrected chi connectivity index (χ1v) is 7.06. The van der Waals surface area contributed by atoms with Crippen molar-refractivity contribution >= 4 is 0 Å². The summed E-state index contributed by atoms with van der Waals surface area (Å²) < 4.78 is 0. The van der Waals surface area contributed by atoms with Gasteiger partial charge in [-0.1, -0.05) is 45.4 Å². The first-order valence-electron chi connectivity index (χ1n) is 7.06. The summed E-state index contributed by atoms with van der Waals surface area (Å²) in [5.41, 5.74) is 6.77. The zero-order valence-electron chi connectivity index (χ0n) is 11.5. The number of hydrogen-bond acceptors (Lipinski definition) is 2. The Morgan fingerprint density at radius 1 is 1.12 bits per heavy atom. The molecule has 1 saturated carbocycles. The second kappa shape index (κ2) is 6.61. The minimum Gasteiger partial charge on any atom is -0.326 e. The van der Waals surface area contributed by atoms with Gasteiger partial charge in [-0.2, -0.15) is 0 Å². The lowest BCUT2D eigenvalue weighted by molar-refractivity contribution is 0.117. The van der Waals surface area contributed by atoms with Gasteiger partial charge in [-0.25, -0.2) is 0 Å². The molecule has 0 aromatic carbocycles. The van der Waals surface area contributed by atoms with Crippen molar-refractivity contribution < 1.29 is 0 Å². The maximum Gasteiger partial charge on any atom is 0.0354 e. The fourth-order valence-electron chi connectivity index (χ4n) is 3.20. The Morgan fingerprint density at radius 3 is 2.25 bits per heavy atom. The van der Waals surface area contributed by atoms with Crippen LogP contribution in [0.5, 0.6) is 0 Å². The molecule has 0 heterocycles. The van der Waals surface area contributed by atoms with Gasteiger partial charge in [0.15, 0.2) is 0 Å². The number of unbranched alkanes of at least 4 members (excludes halogenated alkanes) is 3. The fraction of sp³-hybridized carbons (Fsp3) is 1.00. The van der Waals surface area contributed by atoms with E-state index in [1.54, 1.807) is 0 Å². The Morgan fingerprint density at radius 2 is 1.75 bits per heavy atom. The second-order valence-electron chi connectivity index (χ2n) is 5.66. The molecule has 1 aliphatic carbocycles. The molecule has 0 spiro atoms. The highest BCUT2D eigenvalue weighted by molar-refractivity contribution is 5.00. The number of nitrogens with zero attached hydrogens (tertiary/aromatic N) is 1. The molecule has 1 atom stereocenters. The molecule has 0 radical (unpaired) electrons. The summed E-state index contributed by atoms with van der Waals surface area (Å²) in [7, 11) is 4.41. The summed E-state index contributed by atoms with van der Waals surface area (Å²) in [5, 5.41) is 0. The molecule has 0 aromatic heterocycles. The molecule has 2 heteroatoms. The van der Waals surface area contributed by atoms with Gasteiger partial charge in [-0.15, -0.1) is 0 Å². The van der Waals surface area contributed by atoms with E-state index in [4.69, 9.17) is 5.73 Å². The molecule has 0 amide bonds. The summed E-state index contributed by atoms with van der Waals surface area (Å²) in [6.07, 6.45) is 11.9. The molecule has 96 valence electrons. The SMILES string of the molecule is CCCCCCC(N)C1(N(C)C)CCCC1. The third kappa shape index (κ3) is 3.21. The predicted octanol–water partition coefficient (Wildman–Crippen LogP) is 3.16. The van der Waals surface area contributed by atoms with Crippen LogP contribution in [0.3, 0.4) is 0 Å². The van der Waals surface area contributed by atoms with Crippen LogP contribution in [0.1, 0.15) is 64.7 Å². The van der Waals surface area contributed by atoms with Gasteiger partial charge in [0, 0.05) is 11.6 Å². The molecule has 0 aromatic rings. The van der Waals surface area contributed by atoms with E-state index in [0.717, 1.165) is 0 Å². The first-order chi connectivity index (χ1) is 7.63. The molecule has 1 aliphatic rings. The fourth-order valence-corrected chi connectivity index (χ4v) is 3.20. The van der Waals surface area contributed by atoms with E-state index < -0.39 is 0 Å². The maximum absolute atomic E-state index is 6.46. The highest BCUT2D eigenvalue weighted by atomic mass is 15.2. The van der Waals surface area contributed by atoms with Gasteiger partial charge >= 0.3 is 0 Å². The summed E-state index contributed by atoms with van der Waals surface area (Å²) in [5.74, 6) is 0. The van der Waals surface area contributed by atoms with Crippen LogP contribution in [0.2, 0.25) is 0 Å². The molecule has 2 N–H and O–H groups in total. The Bertz CT molecular complexity index is 183. The molecule has 0 aliphatic heterocycles. The van der Waals surface area contributed by atoms with Gasteiger partial charge < -0.3 is 10.6 Å². The summed E-state index contributed by atoms with van der Waals surface area (Å²) >= 11 is 0. The average molecular weight is 226 g/mol. The lowest BCUT2D eigenvalue weighted by atomic mass is 9.84. The molecule has 1 fully saturated rings. The topological polar surface area (TPSA) is 29.3 Å². The van der Waals surface area contributed by atoms with Gasteiger partial charge in [-0.3, -0.25) is 0 Å². The predicted molar refractivity (Wildman–Crippen MR) is 71.6 cm³/mol. The Hall–Kier alpha value is -0.0800. The maximum atomic E-state index is 6.46. The van der Waals surface area contributed by atoms with E-state index in [9.17, 15) is 0 Å². The first kappa shape index (κ1) is 14.0. The van der Waals surface area contributed by atoms with E-state index >= 15 is 0 Å². The molecule has 0 bridgehead atoms. The Kier molecular flexibility index (Phi) is 5.77. The van der Waals surface area contributed by atoms with Crippen LogP contribution in [0.15, 0.2) is 0 Å². The number of rotatable bonds is 7. The van der Waals surface area contributed by atoms with E-state index in [1.165, 1.54) is 57.8 Å². The van der Waals surface area contributed by atoms with Crippen LogP contribution in [-0.2, 0) is 0 Å². The summed E-state index contributed by atoms with van der Waals surface area (Å²) in [6.45, 7) is 2.26. The van der Waals surface area contributed by atoms with Crippen LogP contribution in [0, 0.1) is 0 Å². The number of nitrogens with two attached hydrogens (primary N) is 1. The molecule has 1 rings (SSSR count). The van der Waals surface area contributed by atoms with Gasteiger partial charge in [0.2, 0.25) is 0 Å². The van der Waals surface area contributed by atoms with Crippen molar-refractivity contribution in [2.75, 3.05) is 14.1 Å². The van der Waals surface area contributed by atoms with Gasteiger partial charge in [0.05, 0.1) is 0 Å². The number of hydrogen-bond donors (Lipinski definition) is 1. The lowest BCUT2D eigenvalue weighted by Crippen LogP contribution is -2.55. The zero-order chi connectivity index (χ0) is 12.0. The average Bonchev–Trinajstić information content (AvgIpc) is 2.74. The van der Waals surface area contributed by atoms with E-state index in [2.05, 4.69) is 25.9 Å². The van der Waals surface area contributed by atoms with Crippen molar-refractivity contribution in [3.8, 4) is 0 Å². The third-order valence-corrected chi connectivity index (χ3v) is 4.42. The Labute approximate surface area is 102 Å². The third-order valence-electron chi connectivity index (χ3n) is 4.42. The van der Waals surface area contributed by atoms with E-state index in [1.807, 2.05) is 0 Å². The van der Waals surface area contributed by atoms with E-state index in [-0.39, 0.29) is 0 Å². The van der Waals surface area contributed by atoms with Crippen molar-refractivity contribution in [3.63, 3.8) is 0 Å². The molecular formula is C14H30N2. The minimum atomic E-state index is 0.312. The monoisotopic (exact) mass is 226 g/mol. The van der Waals surface area contributed by atoms with Crippen molar-refractivity contribution in [2.45, 2.75) is 76.3 Å². The quantitative estimate of drug-likeness (QED) is 0.676.